The van der Waals surface area contributed by atoms with Crippen LogP contribution in [0.15, 0.2) is 24.5 Å². The second kappa shape index (κ2) is 4.93. The standard InChI is InChI=1S/C14H14N4O3/c1-3-18-10-5-4-8(21-2)6-9(10)17-13(18)11-12(14(19)20)16-7-15-11/h4-7H,3H2,1-2H3,(H,15,16)(H,19,20). The Morgan fingerprint density at radius 2 is 2.29 bits per heavy atom. The van der Waals surface area contributed by atoms with E-state index in [1.54, 1.807) is 7.11 Å². The van der Waals surface area contributed by atoms with Crippen molar-refractivity contribution in [2.75, 3.05) is 7.11 Å². The first-order valence-electron chi connectivity index (χ1n) is 6.47. The van der Waals surface area contributed by atoms with Crippen molar-refractivity contribution >= 4 is 17.0 Å². The molecule has 0 aliphatic carbocycles. The van der Waals surface area contributed by atoms with Gasteiger partial charge in [0.1, 0.15) is 11.4 Å². The van der Waals surface area contributed by atoms with Gasteiger partial charge in [-0.2, -0.15) is 0 Å². The van der Waals surface area contributed by atoms with Gasteiger partial charge in [-0.1, -0.05) is 0 Å². The Kier molecular flexibility index (Phi) is 3.09. The van der Waals surface area contributed by atoms with Crippen LogP contribution in [0, 0.1) is 0 Å². The Morgan fingerprint density at radius 3 is 2.95 bits per heavy atom. The topological polar surface area (TPSA) is 93.0 Å². The number of H-pyrrole nitrogens is 1. The van der Waals surface area contributed by atoms with Crippen LogP contribution in [0.3, 0.4) is 0 Å². The summed E-state index contributed by atoms with van der Waals surface area (Å²) >= 11 is 0. The Labute approximate surface area is 120 Å². The summed E-state index contributed by atoms with van der Waals surface area (Å²) in [5.41, 5.74) is 2.02. The first-order chi connectivity index (χ1) is 10.2. The predicted octanol–water partition coefficient (Wildman–Crippen LogP) is 2.15. The quantitative estimate of drug-likeness (QED) is 0.766. The largest absolute Gasteiger partial charge is 0.497 e. The number of nitrogens with zero attached hydrogens (tertiary/aromatic N) is 3. The van der Waals surface area contributed by atoms with Crippen molar-refractivity contribution in [3.63, 3.8) is 0 Å². The number of carboxylic acids is 1. The number of carbonyl (C=O) groups is 1. The third-order valence-electron chi connectivity index (χ3n) is 3.34. The van der Waals surface area contributed by atoms with E-state index in [9.17, 15) is 9.90 Å². The van der Waals surface area contributed by atoms with Crippen molar-refractivity contribution in [1.82, 2.24) is 19.5 Å². The lowest BCUT2D eigenvalue weighted by Gasteiger charge is -2.05. The molecule has 108 valence electrons. The number of aromatic amines is 1. The van der Waals surface area contributed by atoms with Crippen LogP contribution >= 0.6 is 0 Å². The van der Waals surface area contributed by atoms with Crippen molar-refractivity contribution in [2.45, 2.75) is 13.5 Å². The molecule has 3 aromatic rings. The normalized spacial score (nSPS) is 11.0. The number of benzene rings is 1. The van der Waals surface area contributed by atoms with Gasteiger partial charge in [0, 0.05) is 12.6 Å². The number of fused-ring (bicyclic) bond motifs is 1. The van der Waals surface area contributed by atoms with Crippen LogP contribution in [0.5, 0.6) is 5.75 Å². The number of rotatable bonds is 4. The van der Waals surface area contributed by atoms with Gasteiger partial charge >= 0.3 is 5.97 Å². The second-order valence-electron chi connectivity index (χ2n) is 4.47. The van der Waals surface area contributed by atoms with E-state index in [2.05, 4.69) is 15.0 Å². The Balaban J connectivity index is 2.26. The highest BCUT2D eigenvalue weighted by Gasteiger charge is 2.20. The van der Waals surface area contributed by atoms with Crippen molar-refractivity contribution in [3.8, 4) is 17.3 Å². The molecule has 2 heterocycles. The van der Waals surface area contributed by atoms with Crippen LogP contribution in [0.2, 0.25) is 0 Å². The molecule has 0 aliphatic rings. The van der Waals surface area contributed by atoms with Crippen LogP contribution < -0.4 is 4.74 Å². The molecule has 7 heteroatoms. The molecule has 0 amide bonds. The van der Waals surface area contributed by atoms with E-state index in [0.29, 0.717) is 23.8 Å². The molecule has 0 unspecified atom stereocenters. The SMILES string of the molecule is CCn1c(-c2nc[nH]c2C(=O)O)nc2cc(OC)ccc21. The lowest BCUT2D eigenvalue weighted by atomic mass is 10.3. The molecule has 0 saturated carbocycles. The molecule has 0 bridgehead atoms. The van der Waals surface area contributed by atoms with Crippen LogP contribution in [0.25, 0.3) is 22.6 Å². The average Bonchev–Trinajstić information content (AvgIpc) is 3.09. The molecule has 0 fully saturated rings. The highest BCUT2D eigenvalue weighted by molar-refractivity contribution is 5.93. The third-order valence-corrected chi connectivity index (χ3v) is 3.34. The van der Waals surface area contributed by atoms with Crippen molar-refractivity contribution in [1.29, 1.82) is 0 Å². The summed E-state index contributed by atoms with van der Waals surface area (Å²) in [6, 6.07) is 5.57. The number of hydrogen-bond acceptors (Lipinski definition) is 4. The minimum Gasteiger partial charge on any atom is -0.497 e. The van der Waals surface area contributed by atoms with Gasteiger partial charge in [0.05, 0.1) is 24.5 Å². The van der Waals surface area contributed by atoms with E-state index in [4.69, 9.17) is 4.74 Å². The number of methoxy groups -OCH3 is 1. The van der Waals surface area contributed by atoms with Gasteiger partial charge in [0.25, 0.3) is 0 Å². The second-order valence-corrected chi connectivity index (χ2v) is 4.47. The number of hydrogen-bond donors (Lipinski definition) is 2. The summed E-state index contributed by atoms with van der Waals surface area (Å²) in [5, 5.41) is 9.21. The van der Waals surface area contributed by atoms with E-state index < -0.39 is 5.97 Å². The minimum absolute atomic E-state index is 0.0342. The van der Waals surface area contributed by atoms with Gasteiger partial charge in [-0.25, -0.2) is 14.8 Å². The molecule has 1 aromatic carbocycles. The van der Waals surface area contributed by atoms with E-state index in [1.807, 2.05) is 29.7 Å². The molecular weight excluding hydrogens is 272 g/mol. The first kappa shape index (κ1) is 13.2. The monoisotopic (exact) mass is 286 g/mol. The van der Waals surface area contributed by atoms with Gasteiger partial charge in [0.15, 0.2) is 11.5 Å². The van der Waals surface area contributed by atoms with E-state index in [-0.39, 0.29) is 5.69 Å². The van der Waals surface area contributed by atoms with Gasteiger partial charge in [-0.15, -0.1) is 0 Å². The average molecular weight is 286 g/mol. The van der Waals surface area contributed by atoms with Crippen LogP contribution in [0.1, 0.15) is 17.4 Å². The summed E-state index contributed by atoms with van der Waals surface area (Å²) in [6.45, 7) is 2.63. The molecule has 2 N–H and O–H groups in total. The number of aryl methyl sites for hydroxylation is 1. The van der Waals surface area contributed by atoms with Crippen molar-refractivity contribution < 1.29 is 14.6 Å². The van der Waals surface area contributed by atoms with Crippen LogP contribution in [-0.2, 0) is 6.54 Å². The number of imidazole rings is 2. The highest BCUT2D eigenvalue weighted by atomic mass is 16.5. The lowest BCUT2D eigenvalue weighted by molar-refractivity contribution is 0.0692. The summed E-state index contributed by atoms with van der Waals surface area (Å²) in [5.74, 6) is 0.171. The predicted molar refractivity (Wildman–Crippen MR) is 76.5 cm³/mol. The highest BCUT2D eigenvalue weighted by Crippen LogP contribution is 2.27. The van der Waals surface area contributed by atoms with E-state index in [0.717, 1.165) is 11.0 Å². The molecule has 7 nitrogen and oxygen atoms in total. The fourth-order valence-electron chi connectivity index (χ4n) is 2.36. The third kappa shape index (κ3) is 2.03. The molecule has 21 heavy (non-hydrogen) atoms. The zero-order valence-electron chi connectivity index (χ0n) is 11.6. The molecule has 0 saturated heterocycles. The summed E-state index contributed by atoms with van der Waals surface area (Å²) in [6.07, 6.45) is 1.36. The van der Waals surface area contributed by atoms with Gasteiger partial charge in [0.2, 0.25) is 0 Å². The Hall–Kier alpha value is -2.83. The summed E-state index contributed by atoms with van der Waals surface area (Å²) in [4.78, 5) is 22.5. The molecule has 0 spiro atoms. The van der Waals surface area contributed by atoms with Gasteiger partial charge < -0.3 is 19.4 Å². The number of nitrogens with one attached hydrogen (secondary N) is 1. The molecule has 0 aliphatic heterocycles. The van der Waals surface area contributed by atoms with Crippen molar-refractivity contribution in [2.24, 2.45) is 0 Å². The molecule has 0 radical (unpaired) electrons. The molecular formula is C14H14N4O3. The van der Waals surface area contributed by atoms with E-state index >= 15 is 0 Å². The zero-order chi connectivity index (χ0) is 15.0. The maximum Gasteiger partial charge on any atom is 0.354 e. The van der Waals surface area contributed by atoms with Crippen LogP contribution in [0.4, 0.5) is 0 Å². The van der Waals surface area contributed by atoms with Crippen molar-refractivity contribution in [3.05, 3.63) is 30.2 Å². The fourth-order valence-corrected chi connectivity index (χ4v) is 2.36. The smallest absolute Gasteiger partial charge is 0.354 e. The number of carboxylic acid groups (broad SMARTS) is 1. The molecule has 3 rings (SSSR count). The lowest BCUT2D eigenvalue weighted by Crippen LogP contribution is -2.04. The maximum atomic E-state index is 11.2. The van der Waals surface area contributed by atoms with Crippen LogP contribution in [-0.4, -0.2) is 37.7 Å². The zero-order valence-corrected chi connectivity index (χ0v) is 11.6. The van der Waals surface area contributed by atoms with Gasteiger partial charge in [-0.3, -0.25) is 0 Å². The Morgan fingerprint density at radius 1 is 1.48 bits per heavy atom. The summed E-state index contributed by atoms with van der Waals surface area (Å²) in [7, 11) is 1.59. The first-order valence-corrected chi connectivity index (χ1v) is 6.47. The molecule has 0 atom stereocenters. The Bertz CT molecular complexity index is 819. The summed E-state index contributed by atoms with van der Waals surface area (Å²) < 4.78 is 7.12. The minimum atomic E-state index is -1.06. The molecule has 2 aromatic heterocycles. The number of aromatic carboxylic acids is 1. The number of ether oxygens (including phenoxy) is 1. The maximum absolute atomic E-state index is 11.2. The fraction of sp³-hybridized carbons (Fsp3) is 0.214. The number of aromatic nitrogens is 4. The van der Waals surface area contributed by atoms with Gasteiger partial charge in [-0.05, 0) is 19.1 Å². The van der Waals surface area contributed by atoms with E-state index in [1.165, 1.54) is 6.33 Å².